The van der Waals surface area contributed by atoms with Crippen LogP contribution in [0.25, 0.3) is 0 Å². The molecule has 2 aliphatic carbocycles. The van der Waals surface area contributed by atoms with Gasteiger partial charge < -0.3 is 15.4 Å². The third-order valence-corrected chi connectivity index (χ3v) is 5.48. The summed E-state index contributed by atoms with van der Waals surface area (Å²) in [5, 5.41) is 0. The predicted octanol–water partition coefficient (Wildman–Crippen LogP) is 2.28. The van der Waals surface area contributed by atoms with Crippen molar-refractivity contribution in [1.29, 1.82) is 0 Å². The highest BCUT2D eigenvalue weighted by Gasteiger charge is 2.42. The Balaban J connectivity index is 1.38. The first-order valence-corrected chi connectivity index (χ1v) is 8.48. The Kier molecular flexibility index (Phi) is 3.57. The monoisotopic (exact) mass is 300 g/mol. The second-order valence-electron chi connectivity index (χ2n) is 7.15. The van der Waals surface area contributed by atoms with E-state index in [1.54, 1.807) is 0 Å². The van der Waals surface area contributed by atoms with Crippen molar-refractivity contribution in [2.24, 2.45) is 23.5 Å². The van der Waals surface area contributed by atoms with E-state index >= 15 is 0 Å². The van der Waals surface area contributed by atoms with Gasteiger partial charge in [0.05, 0.1) is 6.61 Å². The molecule has 4 rings (SSSR count). The molecule has 3 atom stereocenters. The van der Waals surface area contributed by atoms with Crippen LogP contribution >= 0.6 is 0 Å². The number of carbonyl (C=O) groups is 1. The summed E-state index contributed by atoms with van der Waals surface area (Å²) in [5.41, 5.74) is 6.91. The third kappa shape index (κ3) is 2.72. The maximum atomic E-state index is 12.6. The van der Waals surface area contributed by atoms with E-state index in [9.17, 15) is 4.79 Å². The quantitative estimate of drug-likeness (QED) is 0.928. The fourth-order valence-corrected chi connectivity index (χ4v) is 3.85. The fraction of sp³-hybridized carbons (Fsp3) is 0.611. The van der Waals surface area contributed by atoms with Crippen molar-refractivity contribution in [3.63, 3.8) is 0 Å². The Labute approximate surface area is 131 Å². The van der Waals surface area contributed by atoms with Crippen LogP contribution in [-0.4, -0.2) is 36.5 Å². The molecule has 0 bridgehead atoms. The van der Waals surface area contributed by atoms with Gasteiger partial charge in [-0.2, -0.15) is 0 Å². The molecule has 3 fully saturated rings. The van der Waals surface area contributed by atoms with Crippen LogP contribution in [0.1, 0.15) is 36.0 Å². The molecule has 1 heterocycles. The van der Waals surface area contributed by atoms with Crippen LogP contribution in [-0.2, 0) is 0 Å². The Hall–Kier alpha value is -1.55. The lowest BCUT2D eigenvalue weighted by atomic mass is 9.98. The van der Waals surface area contributed by atoms with Gasteiger partial charge in [0.1, 0.15) is 5.75 Å². The Morgan fingerprint density at radius 3 is 2.59 bits per heavy atom. The van der Waals surface area contributed by atoms with E-state index in [2.05, 4.69) is 0 Å². The first-order chi connectivity index (χ1) is 10.7. The van der Waals surface area contributed by atoms with Gasteiger partial charge in [0.25, 0.3) is 5.91 Å². The summed E-state index contributed by atoms with van der Waals surface area (Å²) in [6, 6.07) is 7.88. The molecule has 0 spiro atoms. The Morgan fingerprint density at radius 1 is 1.14 bits per heavy atom. The number of hydrogen-bond acceptors (Lipinski definition) is 3. The van der Waals surface area contributed by atoms with Crippen LogP contribution in [0.5, 0.6) is 5.75 Å². The zero-order chi connectivity index (χ0) is 15.1. The predicted molar refractivity (Wildman–Crippen MR) is 84.8 cm³/mol. The zero-order valence-corrected chi connectivity index (χ0v) is 12.9. The minimum atomic E-state index is 0.135. The number of nitrogens with two attached hydrogens (primary N) is 1. The van der Waals surface area contributed by atoms with E-state index in [1.807, 2.05) is 29.2 Å². The minimum absolute atomic E-state index is 0.135. The van der Waals surface area contributed by atoms with Crippen LogP contribution in [0.2, 0.25) is 0 Å². The number of benzene rings is 1. The van der Waals surface area contributed by atoms with Gasteiger partial charge >= 0.3 is 0 Å². The number of amides is 1. The standard InChI is InChI=1S/C18H24N2O2/c19-17-8-5-14-9-20(10-16(14)17)18(21)13-3-6-15(7-4-13)22-11-12-1-2-12/h3-4,6-7,12,14,16-17H,1-2,5,8-11,19H2. The topological polar surface area (TPSA) is 55.6 Å². The highest BCUT2D eigenvalue weighted by molar-refractivity contribution is 5.94. The summed E-state index contributed by atoms with van der Waals surface area (Å²) >= 11 is 0. The highest BCUT2D eigenvalue weighted by Crippen LogP contribution is 2.37. The molecule has 1 saturated heterocycles. The van der Waals surface area contributed by atoms with Gasteiger partial charge in [0, 0.05) is 24.7 Å². The van der Waals surface area contributed by atoms with Gasteiger partial charge in [-0.1, -0.05) is 0 Å². The summed E-state index contributed by atoms with van der Waals surface area (Å²) in [6.07, 6.45) is 4.86. The van der Waals surface area contributed by atoms with E-state index in [0.717, 1.165) is 43.3 Å². The molecular formula is C18H24N2O2. The molecule has 4 heteroatoms. The molecule has 22 heavy (non-hydrogen) atoms. The first kappa shape index (κ1) is 14.1. The summed E-state index contributed by atoms with van der Waals surface area (Å²) in [5.74, 6) is 2.86. The molecule has 2 N–H and O–H groups in total. The lowest BCUT2D eigenvalue weighted by Gasteiger charge is -2.19. The van der Waals surface area contributed by atoms with E-state index in [-0.39, 0.29) is 11.9 Å². The van der Waals surface area contributed by atoms with E-state index in [0.29, 0.717) is 11.8 Å². The van der Waals surface area contributed by atoms with Crippen LogP contribution in [0, 0.1) is 17.8 Å². The summed E-state index contributed by atoms with van der Waals surface area (Å²) in [4.78, 5) is 14.6. The second kappa shape index (κ2) is 5.58. The fourth-order valence-electron chi connectivity index (χ4n) is 3.85. The smallest absolute Gasteiger partial charge is 0.253 e. The number of hydrogen-bond donors (Lipinski definition) is 1. The molecule has 2 saturated carbocycles. The molecule has 0 radical (unpaired) electrons. The Bertz CT molecular complexity index is 553. The normalized spacial score (nSPS) is 30.4. The molecular weight excluding hydrogens is 276 g/mol. The highest BCUT2D eigenvalue weighted by atomic mass is 16.5. The number of rotatable bonds is 4. The molecule has 0 aromatic heterocycles. The maximum Gasteiger partial charge on any atom is 0.253 e. The first-order valence-electron chi connectivity index (χ1n) is 8.48. The van der Waals surface area contributed by atoms with E-state index < -0.39 is 0 Å². The molecule has 1 aromatic rings. The van der Waals surface area contributed by atoms with Crippen molar-refractivity contribution in [1.82, 2.24) is 4.90 Å². The van der Waals surface area contributed by atoms with Crippen LogP contribution in [0.4, 0.5) is 0 Å². The number of likely N-dealkylation sites (tertiary alicyclic amines) is 1. The zero-order valence-electron chi connectivity index (χ0n) is 12.9. The average molecular weight is 300 g/mol. The van der Waals surface area contributed by atoms with E-state index in [4.69, 9.17) is 10.5 Å². The molecule has 1 aliphatic heterocycles. The average Bonchev–Trinajstić information content (AvgIpc) is 3.17. The van der Waals surface area contributed by atoms with Crippen LogP contribution in [0.15, 0.2) is 24.3 Å². The van der Waals surface area contributed by atoms with E-state index in [1.165, 1.54) is 19.3 Å². The van der Waals surface area contributed by atoms with Crippen LogP contribution < -0.4 is 10.5 Å². The van der Waals surface area contributed by atoms with Gasteiger partial charge in [-0.3, -0.25) is 4.79 Å². The number of nitrogens with zero attached hydrogens (tertiary/aromatic N) is 1. The number of ether oxygens (including phenoxy) is 1. The van der Waals surface area contributed by atoms with Crippen molar-refractivity contribution >= 4 is 5.91 Å². The molecule has 1 aromatic carbocycles. The van der Waals surface area contributed by atoms with Gasteiger partial charge in [0.15, 0.2) is 0 Å². The van der Waals surface area contributed by atoms with Crippen molar-refractivity contribution < 1.29 is 9.53 Å². The molecule has 4 nitrogen and oxygen atoms in total. The van der Waals surface area contributed by atoms with Crippen molar-refractivity contribution in [2.75, 3.05) is 19.7 Å². The second-order valence-corrected chi connectivity index (χ2v) is 7.15. The van der Waals surface area contributed by atoms with Gasteiger partial charge in [-0.05, 0) is 67.7 Å². The largest absolute Gasteiger partial charge is 0.493 e. The number of carbonyl (C=O) groups excluding carboxylic acids is 1. The van der Waals surface area contributed by atoms with Crippen molar-refractivity contribution in [3.05, 3.63) is 29.8 Å². The van der Waals surface area contributed by atoms with Crippen molar-refractivity contribution in [3.8, 4) is 5.75 Å². The van der Waals surface area contributed by atoms with Crippen molar-refractivity contribution in [2.45, 2.75) is 31.7 Å². The molecule has 1 amide bonds. The maximum absolute atomic E-state index is 12.6. The summed E-state index contributed by atoms with van der Waals surface area (Å²) < 4.78 is 5.72. The van der Waals surface area contributed by atoms with Crippen LogP contribution in [0.3, 0.4) is 0 Å². The van der Waals surface area contributed by atoms with Gasteiger partial charge in [0.2, 0.25) is 0 Å². The SMILES string of the molecule is NC1CCC2CN(C(=O)c3ccc(OCC4CC4)cc3)CC12. The Morgan fingerprint density at radius 2 is 1.91 bits per heavy atom. The molecule has 3 aliphatic rings. The molecule has 118 valence electrons. The third-order valence-electron chi connectivity index (χ3n) is 5.48. The van der Waals surface area contributed by atoms with Gasteiger partial charge in [-0.15, -0.1) is 0 Å². The van der Waals surface area contributed by atoms with Gasteiger partial charge in [-0.25, -0.2) is 0 Å². The lowest BCUT2D eigenvalue weighted by Crippen LogP contribution is -2.33. The number of fused-ring (bicyclic) bond motifs is 1. The molecule has 3 unspecified atom stereocenters. The summed E-state index contributed by atoms with van der Waals surface area (Å²) in [6.45, 7) is 2.50. The minimum Gasteiger partial charge on any atom is -0.493 e. The summed E-state index contributed by atoms with van der Waals surface area (Å²) in [7, 11) is 0. The lowest BCUT2D eigenvalue weighted by molar-refractivity contribution is 0.0779.